The molecule has 1 aromatic rings. The molecule has 1 saturated heterocycles. The summed E-state index contributed by atoms with van der Waals surface area (Å²) < 4.78 is 7.14. The van der Waals surface area contributed by atoms with Gasteiger partial charge in [0.05, 0.1) is 12.3 Å². The fourth-order valence-electron chi connectivity index (χ4n) is 3.23. The SMILES string of the molecule is CCC1CCN(c2c(CNCCOC)c(C)nn2C)CC1. The average Bonchev–Trinajstić information content (AvgIpc) is 2.78. The molecule has 1 aromatic heterocycles. The maximum Gasteiger partial charge on any atom is 0.131 e. The number of aromatic nitrogens is 2. The Morgan fingerprint density at radius 1 is 1.33 bits per heavy atom. The normalized spacial score (nSPS) is 16.7. The third-order valence-electron chi connectivity index (χ3n) is 4.59. The molecule has 0 bridgehead atoms. The molecule has 1 fully saturated rings. The largest absolute Gasteiger partial charge is 0.383 e. The van der Waals surface area contributed by atoms with Crippen LogP contribution in [0.1, 0.15) is 37.4 Å². The van der Waals surface area contributed by atoms with Crippen LogP contribution in [0.15, 0.2) is 0 Å². The van der Waals surface area contributed by atoms with Gasteiger partial charge in [-0.05, 0) is 25.7 Å². The van der Waals surface area contributed by atoms with E-state index >= 15 is 0 Å². The summed E-state index contributed by atoms with van der Waals surface area (Å²) in [5, 5.41) is 8.08. The van der Waals surface area contributed by atoms with Crippen LogP contribution in [-0.4, -0.2) is 43.1 Å². The van der Waals surface area contributed by atoms with Crippen LogP contribution in [-0.2, 0) is 18.3 Å². The van der Waals surface area contributed by atoms with Crippen molar-refractivity contribution in [3.63, 3.8) is 0 Å². The number of hydrogen-bond acceptors (Lipinski definition) is 4. The highest BCUT2D eigenvalue weighted by molar-refractivity contribution is 5.50. The number of nitrogens with one attached hydrogen (secondary N) is 1. The third-order valence-corrected chi connectivity index (χ3v) is 4.59. The first-order valence-electron chi connectivity index (χ1n) is 8.14. The summed E-state index contributed by atoms with van der Waals surface area (Å²) in [5.41, 5.74) is 2.47. The van der Waals surface area contributed by atoms with Crippen molar-refractivity contribution in [2.75, 3.05) is 38.3 Å². The molecule has 1 aliphatic heterocycles. The maximum atomic E-state index is 5.09. The number of aryl methyl sites for hydroxylation is 2. The lowest BCUT2D eigenvalue weighted by Crippen LogP contribution is -2.35. The summed E-state index contributed by atoms with van der Waals surface area (Å²) in [7, 11) is 3.80. The van der Waals surface area contributed by atoms with Gasteiger partial charge in [-0.3, -0.25) is 4.68 Å². The molecule has 2 heterocycles. The van der Waals surface area contributed by atoms with Crippen molar-refractivity contribution in [1.29, 1.82) is 0 Å². The Bertz CT molecular complexity index is 436. The first-order valence-corrected chi connectivity index (χ1v) is 8.14. The van der Waals surface area contributed by atoms with Crippen molar-refractivity contribution >= 4 is 5.82 Å². The van der Waals surface area contributed by atoms with E-state index in [-0.39, 0.29) is 0 Å². The zero-order chi connectivity index (χ0) is 15.2. The van der Waals surface area contributed by atoms with Crippen molar-refractivity contribution < 1.29 is 4.74 Å². The van der Waals surface area contributed by atoms with E-state index in [4.69, 9.17) is 4.74 Å². The van der Waals surface area contributed by atoms with Gasteiger partial charge in [0.25, 0.3) is 0 Å². The van der Waals surface area contributed by atoms with E-state index < -0.39 is 0 Å². The number of nitrogens with zero attached hydrogens (tertiary/aromatic N) is 3. The molecule has 0 spiro atoms. The number of ether oxygens (including phenoxy) is 1. The minimum absolute atomic E-state index is 0.747. The number of hydrogen-bond donors (Lipinski definition) is 1. The minimum atomic E-state index is 0.747. The second-order valence-electron chi connectivity index (χ2n) is 6.02. The molecular formula is C16H30N4O. The summed E-state index contributed by atoms with van der Waals surface area (Å²) in [6.07, 6.45) is 3.91. The molecule has 0 saturated carbocycles. The van der Waals surface area contributed by atoms with Crippen LogP contribution in [0.25, 0.3) is 0 Å². The van der Waals surface area contributed by atoms with Crippen LogP contribution in [0.5, 0.6) is 0 Å². The lowest BCUT2D eigenvalue weighted by Gasteiger charge is -2.33. The van der Waals surface area contributed by atoms with Crippen LogP contribution in [0.2, 0.25) is 0 Å². The lowest BCUT2D eigenvalue weighted by molar-refractivity contribution is 0.199. The highest BCUT2D eigenvalue weighted by Gasteiger charge is 2.23. The molecule has 1 aliphatic rings. The first kappa shape index (κ1) is 16.3. The van der Waals surface area contributed by atoms with Crippen molar-refractivity contribution in [2.24, 2.45) is 13.0 Å². The zero-order valence-electron chi connectivity index (χ0n) is 14.0. The van der Waals surface area contributed by atoms with Crippen LogP contribution in [0.3, 0.4) is 0 Å². The molecule has 0 atom stereocenters. The predicted octanol–water partition coefficient (Wildman–Crippen LogP) is 2.09. The molecule has 0 unspecified atom stereocenters. The van der Waals surface area contributed by atoms with Gasteiger partial charge >= 0.3 is 0 Å². The van der Waals surface area contributed by atoms with Gasteiger partial charge < -0.3 is 15.0 Å². The van der Waals surface area contributed by atoms with Crippen molar-refractivity contribution in [3.05, 3.63) is 11.3 Å². The van der Waals surface area contributed by atoms with Gasteiger partial charge in [0.2, 0.25) is 0 Å². The van der Waals surface area contributed by atoms with Gasteiger partial charge in [-0.2, -0.15) is 5.10 Å². The second-order valence-corrected chi connectivity index (χ2v) is 6.02. The standard InChI is InChI=1S/C16H30N4O/c1-5-14-6-9-20(10-7-14)16-15(12-17-8-11-21-4)13(2)18-19(16)3/h14,17H,5-12H2,1-4H3. The van der Waals surface area contributed by atoms with Crippen molar-refractivity contribution in [3.8, 4) is 0 Å². The predicted molar refractivity (Wildman–Crippen MR) is 86.8 cm³/mol. The van der Waals surface area contributed by atoms with Gasteiger partial charge in [-0.1, -0.05) is 13.3 Å². The average molecular weight is 294 g/mol. The summed E-state index contributed by atoms with van der Waals surface area (Å²) in [4.78, 5) is 2.51. The molecule has 120 valence electrons. The Kier molecular flexibility index (Phi) is 6.06. The van der Waals surface area contributed by atoms with E-state index in [2.05, 4.69) is 40.9 Å². The second kappa shape index (κ2) is 7.80. The Morgan fingerprint density at radius 3 is 2.67 bits per heavy atom. The highest BCUT2D eigenvalue weighted by atomic mass is 16.5. The smallest absolute Gasteiger partial charge is 0.131 e. The molecule has 5 nitrogen and oxygen atoms in total. The van der Waals surface area contributed by atoms with Crippen LogP contribution < -0.4 is 10.2 Å². The topological polar surface area (TPSA) is 42.3 Å². The summed E-state index contributed by atoms with van der Waals surface area (Å²) in [6, 6.07) is 0. The first-order chi connectivity index (χ1) is 10.2. The third kappa shape index (κ3) is 3.98. The van der Waals surface area contributed by atoms with Gasteiger partial charge in [0.1, 0.15) is 5.82 Å². The monoisotopic (exact) mass is 294 g/mol. The van der Waals surface area contributed by atoms with Crippen molar-refractivity contribution in [2.45, 2.75) is 39.7 Å². The maximum absolute atomic E-state index is 5.09. The molecule has 2 rings (SSSR count). The Morgan fingerprint density at radius 2 is 2.05 bits per heavy atom. The Labute approximate surface area is 128 Å². The van der Waals surface area contributed by atoms with Gasteiger partial charge in [-0.15, -0.1) is 0 Å². The van der Waals surface area contributed by atoms with E-state index in [1.165, 1.54) is 30.6 Å². The van der Waals surface area contributed by atoms with E-state index in [1.807, 2.05) is 0 Å². The minimum Gasteiger partial charge on any atom is -0.383 e. The Hall–Kier alpha value is -1.07. The molecule has 0 aliphatic carbocycles. The molecule has 21 heavy (non-hydrogen) atoms. The zero-order valence-corrected chi connectivity index (χ0v) is 14.0. The van der Waals surface area contributed by atoms with E-state index in [0.29, 0.717) is 0 Å². The highest BCUT2D eigenvalue weighted by Crippen LogP contribution is 2.28. The van der Waals surface area contributed by atoms with Gasteiger partial charge in [0, 0.05) is 45.9 Å². The molecule has 0 radical (unpaired) electrons. The van der Waals surface area contributed by atoms with E-state index in [0.717, 1.165) is 44.4 Å². The van der Waals surface area contributed by atoms with Crippen molar-refractivity contribution in [1.82, 2.24) is 15.1 Å². The molecule has 1 N–H and O–H groups in total. The number of piperidine rings is 1. The van der Waals surface area contributed by atoms with Crippen LogP contribution in [0.4, 0.5) is 5.82 Å². The quantitative estimate of drug-likeness (QED) is 0.782. The number of anilines is 1. The summed E-state index contributed by atoms with van der Waals surface area (Å²) in [6.45, 7) is 9.21. The van der Waals surface area contributed by atoms with Gasteiger partial charge in [-0.25, -0.2) is 0 Å². The van der Waals surface area contributed by atoms with Crippen LogP contribution in [0, 0.1) is 12.8 Å². The van der Waals surface area contributed by atoms with Gasteiger partial charge in [0.15, 0.2) is 0 Å². The molecule has 5 heteroatoms. The van der Waals surface area contributed by atoms with Crippen LogP contribution >= 0.6 is 0 Å². The fraction of sp³-hybridized carbons (Fsp3) is 0.812. The molecular weight excluding hydrogens is 264 g/mol. The molecule has 0 amide bonds. The Balaban J connectivity index is 2.04. The summed E-state index contributed by atoms with van der Waals surface area (Å²) >= 11 is 0. The molecule has 0 aromatic carbocycles. The van der Waals surface area contributed by atoms with E-state index in [9.17, 15) is 0 Å². The number of methoxy groups -OCH3 is 1. The lowest BCUT2D eigenvalue weighted by atomic mass is 9.94. The van der Waals surface area contributed by atoms with E-state index in [1.54, 1.807) is 7.11 Å². The number of rotatable bonds is 7. The fourth-order valence-corrected chi connectivity index (χ4v) is 3.23. The summed E-state index contributed by atoms with van der Waals surface area (Å²) in [5.74, 6) is 2.20.